The lowest BCUT2D eigenvalue weighted by atomic mass is 9.94. The summed E-state index contributed by atoms with van der Waals surface area (Å²) in [6.45, 7) is 3.62. The second kappa shape index (κ2) is 6.71. The third kappa shape index (κ3) is 3.35. The predicted molar refractivity (Wildman–Crippen MR) is 82.1 cm³/mol. The highest BCUT2D eigenvalue weighted by atomic mass is 35.5. The molecular formula is C16H15Cl2F2N. The predicted octanol–water partition coefficient (Wildman–Crippen LogP) is 5.58. The van der Waals surface area contributed by atoms with E-state index in [4.69, 9.17) is 23.2 Å². The summed E-state index contributed by atoms with van der Waals surface area (Å²) in [5.74, 6) is -1.09. The molecule has 21 heavy (non-hydrogen) atoms. The van der Waals surface area contributed by atoms with Crippen LogP contribution in [0.1, 0.15) is 36.6 Å². The first kappa shape index (κ1) is 16.2. The minimum atomic E-state index is -0.413. The van der Waals surface area contributed by atoms with E-state index in [1.807, 2.05) is 6.92 Å². The van der Waals surface area contributed by atoms with Gasteiger partial charge in [-0.25, -0.2) is 8.78 Å². The van der Waals surface area contributed by atoms with Crippen LogP contribution in [-0.2, 0) is 12.8 Å². The van der Waals surface area contributed by atoms with E-state index in [2.05, 4.69) is 4.98 Å². The molecule has 0 amide bonds. The van der Waals surface area contributed by atoms with Crippen molar-refractivity contribution in [3.8, 4) is 0 Å². The van der Waals surface area contributed by atoms with Crippen LogP contribution in [0.3, 0.4) is 0 Å². The first-order chi connectivity index (χ1) is 9.95. The molecule has 2 aromatic rings. The molecule has 0 bridgehead atoms. The zero-order chi connectivity index (χ0) is 15.6. The molecule has 0 aliphatic rings. The van der Waals surface area contributed by atoms with Gasteiger partial charge < -0.3 is 0 Å². The lowest BCUT2D eigenvalue weighted by Gasteiger charge is -2.15. The maximum Gasteiger partial charge on any atom is 0.149 e. The Morgan fingerprint density at radius 1 is 1.19 bits per heavy atom. The summed E-state index contributed by atoms with van der Waals surface area (Å²) in [7, 11) is 0. The molecule has 2 rings (SSSR count). The van der Waals surface area contributed by atoms with Crippen LogP contribution in [0.4, 0.5) is 8.78 Å². The van der Waals surface area contributed by atoms with Gasteiger partial charge in [-0.1, -0.05) is 43.1 Å². The number of nitrogens with zero attached hydrogens (tertiary/aromatic N) is 1. The van der Waals surface area contributed by atoms with Gasteiger partial charge in [-0.2, -0.15) is 0 Å². The zero-order valence-corrected chi connectivity index (χ0v) is 13.3. The fourth-order valence-electron chi connectivity index (χ4n) is 2.39. The summed E-state index contributed by atoms with van der Waals surface area (Å²) in [5.41, 5.74) is 1.10. The number of hydrogen-bond donors (Lipinski definition) is 0. The van der Waals surface area contributed by atoms with Gasteiger partial charge in [-0.15, -0.1) is 0 Å². The van der Waals surface area contributed by atoms with Crippen molar-refractivity contribution in [1.82, 2.24) is 4.98 Å². The van der Waals surface area contributed by atoms with Crippen molar-refractivity contribution in [3.05, 3.63) is 62.9 Å². The van der Waals surface area contributed by atoms with E-state index in [1.165, 1.54) is 12.3 Å². The van der Waals surface area contributed by atoms with Crippen molar-refractivity contribution in [3.63, 3.8) is 0 Å². The van der Waals surface area contributed by atoms with Gasteiger partial charge in [0, 0.05) is 22.3 Å². The topological polar surface area (TPSA) is 12.9 Å². The third-order valence-electron chi connectivity index (χ3n) is 3.49. The largest absolute Gasteiger partial charge is 0.257 e. The number of benzene rings is 1. The van der Waals surface area contributed by atoms with Crippen molar-refractivity contribution < 1.29 is 8.78 Å². The Balaban J connectivity index is 2.34. The number of halogens is 4. The fourth-order valence-corrected chi connectivity index (χ4v) is 3.00. The molecule has 1 nitrogen and oxygen atoms in total. The molecule has 112 valence electrons. The van der Waals surface area contributed by atoms with E-state index in [0.717, 1.165) is 0 Å². The third-order valence-corrected chi connectivity index (χ3v) is 4.14. The Bertz CT molecular complexity index is 639. The highest BCUT2D eigenvalue weighted by Gasteiger charge is 2.19. The molecule has 0 radical (unpaired) electrons. The molecule has 0 aliphatic heterocycles. The molecule has 0 N–H and O–H groups in total. The average Bonchev–Trinajstić information content (AvgIpc) is 2.42. The van der Waals surface area contributed by atoms with Gasteiger partial charge in [0.25, 0.3) is 0 Å². The lowest BCUT2D eigenvalue weighted by molar-refractivity contribution is 0.555. The zero-order valence-electron chi connectivity index (χ0n) is 11.8. The fraction of sp³-hybridized carbons (Fsp3) is 0.312. The van der Waals surface area contributed by atoms with Crippen molar-refractivity contribution in [2.24, 2.45) is 0 Å². The maximum atomic E-state index is 14.3. The molecule has 0 spiro atoms. The van der Waals surface area contributed by atoms with Crippen LogP contribution < -0.4 is 0 Å². The van der Waals surface area contributed by atoms with Crippen LogP contribution in [0.25, 0.3) is 0 Å². The van der Waals surface area contributed by atoms with Crippen LogP contribution in [0.2, 0.25) is 10.0 Å². The molecule has 1 aromatic carbocycles. The van der Waals surface area contributed by atoms with E-state index in [-0.39, 0.29) is 23.8 Å². The maximum absolute atomic E-state index is 14.3. The second-order valence-electron chi connectivity index (χ2n) is 4.94. The molecule has 0 saturated carbocycles. The second-order valence-corrected chi connectivity index (χ2v) is 5.75. The molecule has 0 fully saturated rings. The summed E-state index contributed by atoms with van der Waals surface area (Å²) in [6.07, 6.45) is 2.18. The van der Waals surface area contributed by atoms with Crippen LogP contribution in [-0.4, -0.2) is 4.98 Å². The van der Waals surface area contributed by atoms with E-state index >= 15 is 0 Å². The standard InChI is InChI=1S/C16H15Cl2F2N/c1-3-10-12(18)8-21-14(16(10)20)7-9(2)15-11(17)5-4-6-13(15)19/h4-6,8-9H,3,7H2,1-2H3. The number of rotatable bonds is 4. The normalized spacial score (nSPS) is 12.5. The Morgan fingerprint density at radius 3 is 2.52 bits per heavy atom. The van der Waals surface area contributed by atoms with Crippen LogP contribution >= 0.6 is 23.2 Å². The smallest absolute Gasteiger partial charge is 0.149 e. The molecule has 0 saturated heterocycles. The van der Waals surface area contributed by atoms with Crippen molar-refractivity contribution in [2.75, 3.05) is 0 Å². The molecule has 0 aliphatic carbocycles. The molecule has 5 heteroatoms. The molecular weight excluding hydrogens is 315 g/mol. The van der Waals surface area contributed by atoms with Gasteiger partial charge in [-0.3, -0.25) is 4.98 Å². The minimum absolute atomic E-state index is 0.261. The van der Waals surface area contributed by atoms with Crippen molar-refractivity contribution >= 4 is 23.2 Å². The van der Waals surface area contributed by atoms with E-state index in [1.54, 1.807) is 19.1 Å². The highest BCUT2D eigenvalue weighted by molar-refractivity contribution is 6.31. The quantitative estimate of drug-likeness (QED) is 0.714. The van der Waals surface area contributed by atoms with Gasteiger partial charge in [0.1, 0.15) is 11.6 Å². The van der Waals surface area contributed by atoms with Crippen LogP contribution in [0.5, 0.6) is 0 Å². The number of aromatic nitrogens is 1. The van der Waals surface area contributed by atoms with Crippen molar-refractivity contribution in [1.29, 1.82) is 0 Å². The summed E-state index contributed by atoms with van der Waals surface area (Å²) < 4.78 is 28.2. The Kier molecular flexibility index (Phi) is 5.17. The van der Waals surface area contributed by atoms with Crippen LogP contribution in [0.15, 0.2) is 24.4 Å². The van der Waals surface area contributed by atoms with Gasteiger partial charge >= 0.3 is 0 Å². The molecule has 1 atom stereocenters. The number of hydrogen-bond acceptors (Lipinski definition) is 1. The Morgan fingerprint density at radius 2 is 1.90 bits per heavy atom. The van der Waals surface area contributed by atoms with Crippen LogP contribution in [0, 0.1) is 11.6 Å². The minimum Gasteiger partial charge on any atom is -0.257 e. The number of pyridine rings is 1. The van der Waals surface area contributed by atoms with Crippen molar-refractivity contribution in [2.45, 2.75) is 32.6 Å². The Labute approximate surface area is 132 Å². The summed E-state index contributed by atoms with van der Waals surface area (Å²) in [5, 5.41) is 0.655. The van der Waals surface area contributed by atoms with Gasteiger partial charge in [0.05, 0.1) is 10.7 Å². The first-order valence-electron chi connectivity index (χ1n) is 6.71. The molecule has 1 aromatic heterocycles. The SMILES string of the molecule is CCc1c(Cl)cnc(CC(C)c2c(F)cccc2Cl)c1F. The summed E-state index contributed by atoms with van der Waals surface area (Å²) >= 11 is 12.0. The van der Waals surface area contributed by atoms with Gasteiger partial charge in [-0.05, 0) is 30.9 Å². The lowest BCUT2D eigenvalue weighted by Crippen LogP contribution is -2.07. The molecule has 1 heterocycles. The van der Waals surface area contributed by atoms with Gasteiger partial charge in [0.2, 0.25) is 0 Å². The molecule has 1 unspecified atom stereocenters. The van der Waals surface area contributed by atoms with Gasteiger partial charge in [0.15, 0.2) is 0 Å². The summed E-state index contributed by atoms with van der Waals surface area (Å²) in [4.78, 5) is 4.04. The van der Waals surface area contributed by atoms with E-state index in [9.17, 15) is 8.78 Å². The van der Waals surface area contributed by atoms with E-state index in [0.29, 0.717) is 27.6 Å². The van der Waals surface area contributed by atoms with E-state index < -0.39 is 5.82 Å². The highest BCUT2D eigenvalue weighted by Crippen LogP contribution is 2.31. The Hall–Kier alpha value is -1.19. The monoisotopic (exact) mass is 329 g/mol. The summed E-state index contributed by atoms with van der Waals surface area (Å²) in [6, 6.07) is 4.52. The average molecular weight is 330 g/mol. The first-order valence-corrected chi connectivity index (χ1v) is 7.46.